The highest BCUT2D eigenvalue weighted by molar-refractivity contribution is 5.81. The van der Waals surface area contributed by atoms with Crippen LogP contribution in [-0.2, 0) is 4.79 Å². The lowest BCUT2D eigenvalue weighted by molar-refractivity contribution is -0.127. The van der Waals surface area contributed by atoms with Crippen LogP contribution in [0.5, 0.6) is 11.5 Å². The number of ether oxygens (including phenoxy) is 2. The summed E-state index contributed by atoms with van der Waals surface area (Å²) in [5, 5.41) is 3.08. The average Bonchev–Trinajstić information content (AvgIpc) is 2.63. The molecule has 0 spiro atoms. The van der Waals surface area contributed by atoms with Crippen molar-refractivity contribution in [2.24, 2.45) is 0 Å². The van der Waals surface area contributed by atoms with Crippen LogP contribution in [0.15, 0.2) is 30.3 Å². The number of hydrogen-bond acceptors (Lipinski definition) is 3. The fourth-order valence-corrected chi connectivity index (χ4v) is 3.26. The molecule has 0 aromatic heterocycles. The van der Waals surface area contributed by atoms with Crippen molar-refractivity contribution in [3.05, 3.63) is 58.1 Å². The summed E-state index contributed by atoms with van der Waals surface area (Å²) in [6.07, 6.45) is -0.576. The lowest BCUT2D eigenvalue weighted by atomic mass is 9.93. The number of aryl methyl sites for hydroxylation is 3. The zero-order valence-electron chi connectivity index (χ0n) is 18.3. The van der Waals surface area contributed by atoms with E-state index < -0.39 is 6.10 Å². The number of carbonyl (C=O) groups excluding carboxylic acids is 1. The molecular weight excluding hydrogens is 350 g/mol. The van der Waals surface area contributed by atoms with E-state index in [1.54, 1.807) is 14.0 Å². The van der Waals surface area contributed by atoms with E-state index in [0.717, 1.165) is 28.0 Å². The number of nitrogens with one attached hydrogen (secondary N) is 1. The Morgan fingerprint density at radius 1 is 0.893 bits per heavy atom. The highest BCUT2D eigenvalue weighted by Crippen LogP contribution is 2.32. The van der Waals surface area contributed by atoms with Gasteiger partial charge in [0.15, 0.2) is 6.10 Å². The van der Waals surface area contributed by atoms with E-state index >= 15 is 0 Å². The van der Waals surface area contributed by atoms with Crippen LogP contribution in [0.3, 0.4) is 0 Å². The summed E-state index contributed by atoms with van der Waals surface area (Å²) in [7, 11) is 1.69. The summed E-state index contributed by atoms with van der Waals surface area (Å²) >= 11 is 0. The minimum atomic E-state index is -0.576. The second kappa shape index (κ2) is 9.13. The Bertz CT molecular complexity index is 842. The van der Waals surface area contributed by atoms with Gasteiger partial charge in [0.05, 0.1) is 13.2 Å². The highest BCUT2D eigenvalue weighted by Gasteiger charge is 2.20. The zero-order chi connectivity index (χ0) is 21.0. The summed E-state index contributed by atoms with van der Waals surface area (Å²) in [4.78, 5) is 12.7. The first kappa shape index (κ1) is 21.8. The van der Waals surface area contributed by atoms with Gasteiger partial charge in [-0.2, -0.15) is 0 Å². The minimum absolute atomic E-state index is 0.123. The van der Waals surface area contributed by atoms with E-state index in [-0.39, 0.29) is 11.9 Å². The first-order chi connectivity index (χ1) is 13.1. The second-order valence-corrected chi connectivity index (χ2v) is 7.84. The molecule has 152 valence electrons. The SMILES string of the molecule is COc1cc(C)c([C@@H](C)NC(=O)[C@@H](C)Oc2ccc(C)c(C)c2)cc1C(C)C. The van der Waals surface area contributed by atoms with Gasteiger partial charge in [-0.25, -0.2) is 0 Å². The Hall–Kier alpha value is -2.49. The fourth-order valence-electron chi connectivity index (χ4n) is 3.26. The van der Waals surface area contributed by atoms with Crippen LogP contribution in [0.4, 0.5) is 0 Å². The fraction of sp³-hybridized carbons (Fsp3) is 0.458. The van der Waals surface area contributed by atoms with Gasteiger partial charge in [0.2, 0.25) is 0 Å². The Kier molecular flexibility index (Phi) is 7.11. The first-order valence-corrected chi connectivity index (χ1v) is 9.86. The molecule has 4 heteroatoms. The summed E-state index contributed by atoms with van der Waals surface area (Å²) in [6.45, 7) is 14.2. The summed E-state index contributed by atoms with van der Waals surface area (Å²) in [5.41, 5.74) is 5.68. The topological polar surface area (TPSA) is 47.6 Å². The quantitative estimate of drug-likeness (QED) is 0.697. The van der Waals surface area contributed by atoms with Gasteiger partial charge in [0.25, 0.3) is 5.91 Å². The van der Waals surface area contributed by atoms with Crippen molar-refractivity contribution in [3.63, 3.8) is 0 Å². The van der Waals surface area contributed by atoms with Crippen molar-refractivity contribution >= 4 is 5.91 Å². The van der Waals surface area contributed by atoms with Crippen LogP contribution in [0.25, 0.3) is 0 Å². The van der Waals surface area contributed by atoms with Crippen molar-refractivity contribution < 1.29 is 14.3 Å². The normalized spacial score (nSPS) is 13.2. The predicted octanol–water partition coefficient (Wildman–Crippen LogP) is 5.39. The number of hydrogen-bond donors (Lipinski definition) is 1. The van der Waals surface area contributed by atoms with Gasteiger partial charge in [-0.15, -0.1) is 0 Å². The molecule has 0 unspecified atom stereocenters. The zero-order valence-corrected chi connectivity index (χ0v) is 18.3. The standard InChI is InChI=1S/C24H33NO3/c1-14(2)21-13-22(17(5)12-23(21)27-8)18(6)25-24(26)19(7)28-20-10-9-15(3)16(4)11-20/h9-14,18-19H,1-8H3,(H,25,26)/t18-,19-/m1/s1. The van der Waals surface area contributed by atoms with E-state index in [1.807, 2.05) is 45.0 Å². The van der Waals surface area contributed by atoms with Crippen molar-refractivity contribution in [2.45, 2.75) is 66.5 Å². The molecule has 0 saturated heterocycles. The Labute approximate surface area is 169 Å². The largest absolute Gasteiger partial charge is 0.496 e. The van der Waals surface area contributed by atoms with Crippen molar-refractivity contribution in [1.29, 1.82) is 0 Å². The minimum Gasteiger partial charge on any atom is -0.496 e. The molecule has 0 aliphatic carbocycles. The highest BCUT2D eigenvalue weighted by atomic mass is 16.5. The molecule has 0 fully saturated rings. The van der Waals surface area contributed by atoms with Gasteiger partial charge >= 0.3 is 0 Å². The molecule has 0 saturated carbocycles. The van der Waals surface area contributed by atoms with E-state index in [0.29, 0.717) is 11.7 Å². The van der Waals surface area contributed by atoms with Gasteiger partial charge in [-0.1, -0.05) is 19.9 Å². The van der Waals surface area contributed by atoms with E-state index in [1.165, 1.54) is 5.56 Å². The number of rotatable bonds is 7. The van der Waals surface area contributed by atoms with Crippen molar-refractivity contribution in [1.82, 2.24) is 5.32 Å². The molecule has 1 N–H and O–H groups in total. The number of methoxy groups -OCH3 is 1. The van der Waals surface area contributed by atoms with Crippen LogP contribution in [0.2, 0.25) is 0 Å². The molecule has 0 bridgehead atoms. The van der Waals surface area contributed by atoms with Crippen LogP contribution in [0, 0.1) is 20.8 Å². The number of amides is 1. The predicted molar refractivity (Wildman–Crippen MR) is 114 cm³/mol. The molecule has 0 radical (unpaired) electrons. The van der Waals surface area contributed by atoms with Crippen LogP contribution >= 0.6 is 0 Å². The maximum absolute atomic E-state index is 12.7. The van der Waals surface area contributed by atoms with Gasteiger partial charge < -0.3 is 14.8 Å². The third-order valence-electron chi connectivity index (χ3n) is 5.23. The third kappa shape index (κ3) is 5.06. The van der Waals surface area contributed by atoms with Crippen LogP contribution in [0.1, 0.15) is 67.5 Å². The van der Waals surface area contributed by atoms with Gasteiger partial charge in [-0.05, 0) is 92.6 Å². The average molecular weight is 384 g/mol. The van der Waals surface area contributed by atoms with Crippen molar-refractivity contribution in [2.75, 3.05) is 7.11 Å². The van der Waals surface area contributed by atoms with Crippen LogP contribution < -0.4 is 14.8 Å². The lowest BCUT2D eigenvalue weighted by Gasteiger charge is -2.23. The summed E-state index contributed by atoms with van der Waals surface area (Å²) in [6, 6.07) is 9.93. The molecule has 0 heterocycles. The number of carbonyl (C=O) groups is 1. The maximum atomic E-state index is 12.7. The maximum Gasteiger partial charge on any atom is 0.261 e. The van der Waals surface area contributed by atoms with Gasteiger partial charge in [-0.3, -0.25) is 4.79 Å². The lowest BCUT2D eigenvalue weighted by Crippen LogP contribution is -2.38. The van der Waals surface area contributed by atoms with E-state index in [2.05, 4.69) is 32.2 Å². The molecule has 0 aliphatic rings. The molecular formula is C24H33NO3. The van der Waals surface area contributed by atoms with Crippen LogP contribution in [-0.4, -0.2) is 19.1 Å². The molecule has 28 heavy (non-hydrogen) atoms. The Balaban J connectivity index is 2.12. The summed E-state index contributed by atoms with van der Waals surface area (Å²) in [5.74, 6) is 1.80. The molecule has 2 aromatic carbocycles. The Morgan fingerprint density at radius 3 is 2.14 bits per heavy atom. The monoisotopic (exact) mass is 383 g/mol. The van der Waals surface area contributed by atoms with Crippen molar-refractivity contribution in [3.8, 4) is 11.5 Å². The van der Waals surface area contributed by atoms with E-state index in [9.17, 15) is 4.79 Å². The number of benzene rings is 2. The second-order valence-electron chi connectivity index (χ2n) is 7.84. The van der Waals surface area contributed by atoms with E-state index in [4.69, 9.17) is 9.47 Å². The molecule has 2 aromatic rings. The summed E-state index contributed by atoms with van der Waals surface area (Å²) < 4.78 is 11.4. The van der Waals surface area contributed by atoms with Gasteiger partial charge in [0.1, 0.15) is 11.5 Å². The first-order valence-electron chi connectivity index (χ1n) is 9.86. The van der Waals surface area contributed by atoms with Gasteiger partial charge in [0, 0.05) is 0 Å². The molecule has 1 amide bonds. The molecule has 4 nitrogen and oxygen atoms in total. The third-order valence-corrected chi connectivity index (χ3v) is 5.23. The Morgan fingerprint density at radius 2 is 1.57 bits per heavy atom. The molecule has 2 atom stereocenters. The molecule has 2 rings (SSSR count). The molecule has 0 aliphatic heterocycles. The smallest absolute Gasteiger partial charge is 0.261 e.